The minimum Gasteiger partial charge on any atom is -0.255 e. The maximum Gasteiger partial charge on any atom is 0.0894 e. The van der Waals surface area contributed by atoms with Gasteiger partial charge in [0.05, 0.1) is 51.8 Å². The van der Waals surface area contributed by atoms with Crippen molar-refractivity contribution in [1.82, 2.24) is 19.9 Å². The Labute approximate surface area is 224 Å². The lowest BCUT2D eigenvalue weighted by molar-refractivity contribution is 0.835. The Hall–Kier alpha value is -4.51. The van der Waals surface area contributed by atoms with Crippen molar-refractivity contribution in [2.45, 2.75) is 39.5 Å². The highest BCUT2D eigenvalue weighted by Gasteiger charge is 2.13. The zero-order valence-corrected chi connectivity index (χ0v) is 22.2. The van der Waals surface area contributed by atoms with Crippen LogP contribution in [0.15, 0.2) is 102 Å². The molecule has 0 bridgehead atoms. The van der Waals surface area contributed by atoms with Gasteiger partial charge in [-0.1, -0.05) is 70.2 Å². The second-order valence-electron chi connectivity index (χ2n) is 9.83. The fourth-order valence-corrected chi connectivity index (χ4v) is 4.41. The monoisotopic (exact) mass is 497 g/mol. The van der Waals surface area contributed by atoms with Crippen LogP contribution in [0.3, 0.4) is 0 Å². The molecule has 5 aromatic rings. The number of hydrogen-bond acceptors (Lipinski definition) is 5. The quantitative estimate of drug-likeness (QED) is 0.212. The molecule has 0 spiro atoms. The standard InChI is InChI=1S/C33H31N5/c1-22(2)25-12-8-13-26(23(3)4)33(25)35-21-24-11-7-15-29(36-24)30-17-10-19-32(38-30)31-18-9-16-28(37-31)27-14-5-6-20-34-27/h5-23H,1-4H3. The molecule has 188 valence electrons. The van der Waals surface area contributed by atoms with Crippen molar-refractivity contribution in [3.8, 4) is 34.2 Å². The second-order valence-corrected chi connectivity index (χ2v) is 9.83. The number of aromatic nitrogens is 4. The third-order valence-electron chi connectivity index (χ3n) is 6.39. The van der Waals surface area contributed by atoms with Crippen LogP contribution in [0.5, 0.6) is 0 Å². The lowest BCUT2D eigenvalue weighted by atomic mass is 9.93. The van der Waals surface area contributed by atoms with Gasteiger partial charge in [-0.05, 0) is 71.5 Å². The number of nitrogens with zero attached hydrogens (tertiary/aromatic N) is 5. The molecule has 4 heterocycles. The van der Waals surface area contributed by atoms with Gasteiger partial charge in [-0.25, -0.2) is 15.0 Å². The van der Waals surface area contributed by atoms with Crippen LogP contribution in [0.4, 0.5) is 5.69 Å². The van der Waals surface area contributed by atoms with Gasteiger partial charge in [0, 0.05) is 6.20 Å². The number of hydrogen-bond donors (Lipinski definition) is 0. The predicted octanol–water partition coefficient (Wildman–Crippen LogP) is 8.27. The first kappa shape index (κ1) is 25.2. The molecule has 0 fully saturated rings. The molecule has 0 N–H and O–H groups in total. The summed E-state index contributed by atoms with van der Waals surface area (Å²) in [6, 6.07) is 30.1. The number of para-hydroxylation sites is 1. The summed E-state index contributed by atoms with van der Waals surface area (Å²) in [5, 5.41) is 0. The number of benzene rings is 1. The Morgan fingerprint density at radius 1 is 0.526 bits per heavy atom. The van der Waals surface area contributed by atoms with E-state index in [1.807, 2.05) is 79.0 Å². The largest absolute Gasteiger partial charge is 0.255 e. The molecule has 0 atom stereocenters. The molecule has 0 aliphatic carbocycles. The molecule has 0 aliphatic rings. The fourth-order valence-electron chi connectivity index (χ4n) is 4.41. The van der Waals surface area contributed by atoms with E-state index in [0.29, 0.717) is 11.8 Å². The average molecular weight is 498 g/mol. The van der Waals surface area contributed by atoms with E-state index in [2.05, 4.69) is 50.9 Å². The summed E-state index contributed by atoms with van der Waals surface area (Å²) < 4.78 is 0. The summed E-state index contributed by atoms with van der Waals surface area (Å²) in [4.78, 5) is 23.9. The normalized spacial score (nSPS) is 11.5. The molecular formula is C33H31N5. The molecule has 0 unspecified atom stereocenters. The van der Waals surface area contributed by atoms with Crippen molar-refractivity contribution < 1.29 is 0 Å². The molecule has 38 heavy (non-hydrogen) atoms. The van der Waals surface area contributed by atoms with Gasteiger partial charge in [-0.2, -0.15) is 0 Å². The molecular weight excluding hydrogens is 466 g/mol. The van der Waals surface area contributed by atoms with Gasteiger partial charge in [0.1, 0.15) is 0 Å². The molecule has 4 aromatic heterocycles. The Kier molecular flexibility index (Phi) is 7.45. The minimum absolute atomic E-state index is 0.386. The van der Waals surface area contributed by atoms with E-state index in [1.54, 1.807) is 6.20 Å². The molecule has 5 nitrogen and oxygen atoms in total. The summed E-state index contributed by atoms with van der Waals surface area (Å²) in [6.45, 7) is 8.82. The van der Waals surface area contributed by atoms with Crippen LogP contribution >= 0.6 is 0 Å². The highest BCUT2D eigenvalue weighted by atomic mass is 14.8. The van der Waals surface area contributed by atoms with Crippen LogP contribution in [0.1, 0.15) is 56.4 Å². The maximum atomic E-state index is 4.93. The molecule has 0 aliphatic heterocycles. The van der Waals surface area contributed by atoms with Crippen molar-refractivity contribution in [2.24, 2.45) is 4.99 Å². The summed E-state index contributed by atoms with van der Waals surface area (Å²) >= 11 is 0. The van der Waals surface area contributed by atoms with E-state index in [9.17, 15) is 0 Å². The zero-order chi connectivity index (χ0) is 26.5. The van der Waals surface area contributed by atoms with Crippen LogP contribution in [-0.2, 0) is 0 Å². The smallest absolute Gasteiger partial charge is 0.0894 e. The summed E-state index contributed by atoms with van der Waals surface area (Å²) in [5.41, 5.74) is 9.13. The third kappa shape index (κ3) is 5.57. The van der Waals surface area contributed by atoms with Gasteiger partial charge in [0.15, 0.2) is 0 Å². The van der Waals surface area contributed by atoms with E-state index < -0.39 is 0 Å². The lowest BCUT2D eigenvalue weighted by Crippen LogP contribution is -1.97. The lowest BCUT2D eigenvalue weighted by Gasteiger charge is -2.16. The Bertz CT molecular complexity index is 1550. The minimum atomic E-state index is 0.386. The van der Waals surface area contributed by atoms with E-state index >= 15 is 0 Å². The van der Waals surface area contributed by atoms with Crippen LogP contribution in [0, 0.1) is 0 Å². The van der Waals surface area contributed by atoms with E-state index in [-0.39, 0.29) is 0 Å². The van der Waals surface area contributed by atoms with E-state index in [4.69, 9.17) is 19.9 Å². The first-order valence-corrected chi connectivity index (χ1v) is 13.0. The topological polar surface area (TPSA) is 63.9 Å². The third-order valence-corrected chi connectivity index (χ3v) is 6.39. The van der Waals surface area contributed by atoms with Crippen LogP contribution < -0.4 is 0 Å². The first-order valence-electron chi connectivity index (χ1n) is 13.0. The SMILES string of the molecule is CC(C)c1cccc(C(C)C)c1N=Cc1cccc(-c2cccc(-c3cccc(-c4ccccn4)n3)n2)n1. The van der Waals surface area contributed by atoms with Crippen molar-refractivity contribution in [3.63, 3.8) is 0 Å². The summed E-state index contributed by atoms with van der Waals surface area (Å²) in [6.07, 6.45) is 3.63. The zero-order valence-electron chi connectivity index (χ0n) is 22.2. The Balaban J connectivity index is 1.46. The molecule has 5 rings (SSSR count). The van der Waals surface area contributed by atoms with E-state index in [1.165, 1.54) is 11.1 Å². The van der Waals surface area contributed by atoms with Crippen LogP contribution in [0.25, 0.3) is 34.2 Å². The highest BCUT2D eigenvalue weighted by Crippen LogP contribution is 2.34. The van der Waals surface area contributed by atoms with Crippen molar-refractivity contribution in [3.05, 3.63) is 114 Å². The summed E-state index contributed by atoms with van der Waals surface area (Å²) in [5.74, 6) is 0.772. The van der Waals surface area contributed by atoms with Gasteiger partial charge in [-0.15, -0.1) is 0 Å². The van der Waals surface area contributed by atoms with E-state index in [0.717, 1.165) is 45.5 Å². The van der Waals surface area contributed by atoms with Gasteiger partial charge in [0.2, 0.25) is 0 Å². The van der Waals surface area contributed by atoms with Gasteiger partial charge in [-0.3, -0.25) is 9.98 Å². The Morgan fingerprint density at radius 2 is 1.00 bits per heavy atom. The van der Waals surface area contributed by atoms with Crippen molar-refractivity contribution in [2.75, 3.05) is 0 Å². The highest BCUT2D eigenvalue weighted by molar-refractivity contribution is 5.82. The second kappa shape index (κ2) is 11.3. The number of aliphatic imine (C=N–C) groups is 1. The predicted molar refractivity (Wildman–Crippen MR) is 156 cm³/mol. The van der Waals surface area contributed by atoms with Crippen LogP contribution in [-0.4, -0.2) is 26.2 Å². The first-order chi connectivity index (χ1) is 18.5. The van der Waals surface area contributed by atoms with Gasteiger partial charge in [0.25, 0.3) is 0 Å². The van der Waals surface area contributed by atoms with Gasteiger partial charge >= 0.3 is 0 Å². The molecule has 5 heteroatoms. The fraction of sp³-hybridized carbons (Fsp3) is 0.182. The number of pyridine rings is 4. The molecule has 0 amide bonds. The molecule has 1 aromatic carbocycles. The molecule has 0 radical (unpaired) electrons. The molecule has 0 saturated carbocycles. The average Bonchev–Trinajstić information content (AvgIpc) is 2.96. The van der Waals surface area contributed by atoms with Crippen LogP contribution in [0.2, 0.25) is 0 Å². The van der Waals surface area contributed by atoms with Gasteiger partial charge < -0.3 is 0 Å². The summed E-state index contributed by atoms with van der Waals surface area (Å²) in [7, 11) is 0. The molecule has 0 saturated heterocycles. The number of rotatable bonds is 7. The van der Waals surface area contributed by atoms with Crippen molar-refractivity contribution >= 4 is 11.9 Å². The Morgan fingerprint density at radius 3 is 1.53 bits per heavy atom. The van der Waals surface area contributed by atoms with Crippen molar-refractivity contribution in [1.29, 1.82) is 0 Å². The maximum absolute atomic E-state index is 4.93.